The highest BCUT2D eigenvalue weighted by molar-refractivity contribution is 5.79. The maximum Gasteiger partial charge on any atom is 0.332 e. The number of aryl methyl sites for hydroxylation is 2. The van der Waals surface area contributed by atoms with Crippen molar-refractivity contribution in [3.8, 4) is 0 Å². The number of fused-ring (bicyclic) bond motifs is 1. The smallest absolute Gasteiger partial charge is 0.332 e. The van der Waals surface area contributed by atoms with Crippen LogP contribution >= 0.6 is 0 Å². The molecule has 0 spiro atoms. The molecule has 1 saturated heterocycles. The summed E-state index contributed by atoms with van der Waals surface area (Å²) in [6.45, 7) is 1.67. The SMILES string of the molecule is Cn1c(=O)c2[nH]c(CCCNC(=O)COCC(=O)N3CCCC3)nc2n(C)c1=O. The molecular weight excluding hydrogens is 380 g/mol. The fourth-order valence-electron chi connectivity index (χ4n) is 3.32. The zero-order valence-electron chi connectivity index (χ0n) is 16.7. The Morgan fingerprint density at radius 1 is 1.14 bits per heavy atom. The highest BCUT2D eigenvalue weighted by atomic mass is 16.5. The molecule has 11 nitrogen and oxygen atoms in total. The molecule has 158 valence electrons. The van der Waals surface area contributed by atoms with Gasteiger partial charge in [0.05, 0.1) is 0 Å². The second-order valence-electron chi connectivity index (χ2n) is 7.12. The first-order chi connectivity index (χ1) is 13.9. The lowest BCUT2D eigenvalue weighted by atomic mass is 10.3. The second kappa shape index (κ2) is 9.03. The van der Waals surface area contributed by atoms with Crippen molar-refractivity contribution in [2.24, 2.45) is 14.1 Å². The first-order valence-corrected chi connectivity index (χ1v) is 9.65. The van der Waals surface area contributed by atoms with Gasteiger partial charge in [0.25, 0.3) is 5.56 Å². The van der Waals surface area contributed by atoms with Crippen molar-refractivity contribution in [3.63, 3.8) is 0 Å². The van der Waals surface area contributed by atoms with Gasteiger partial charge < -0.3 is 19.9 Å². The van der Waals surface area contributed by atoms with E-state index in [0.717, 1.165) is 30.5 Å². The van der Waals surface area contributed by atoms with E-state index in [9.17, 15) is 19.2 Å². The number of nitrogens with zero attached hydrogens (tertiary/aromatic N) is 4. The number of carbonyl (C=O) groups is 2. The number of H-pyrrole nitrogens is 1. The molecule has 29 heavy (non-hydrogen) atoms. The van der Waals surface area contributed by atoms with E-state index in [2.05, 4.69) is 15.3 Å². The highest BCUT2D eigenvalue weighted by Gasteiger charge is 2.18. The van der Waals surface area contributed by atoms with Gasteiger partial charge in [0.1, 0.15) is 24.6 Å². The largest absolute Gasteiger partial charge is 0.362 e. The zero-order valence-corrected chi connectivity index (χ0v) is 16.7. The maximum absolute atomic E-state index is 12.1. The molecular formula is C18H26N6O5. The molecule has 2 aromatic heterocycles. The van der Waals surface area contributed by atoms with Gasteiger partial charge in [-0.2, -0.15) is 0 Å². The fraction of sp³-hybridized carbons (Fsp3) is 0.611. The number of carbonyl (C=O) groups excluding carboxylic acids is 2. The Morgan fingerprint density at radius 3 is 2.59 bits per heavy atom. The number of rotatable bonds is 8. The summed E-state index contributed by atoms with van der Waals surface area (Å²) in [5.74, 6) is 0.195. The van der Waals surface area contributed by atoms with Gasteiger partial charge >= 0.3 is 5.69 Å². The summed E-state index contributed by atoms with van der Waals surface area (Å²) in [4.78, 5) is 56.7. The summed E-state index contributed by atoms with van der Waals surface area (Å²) in [7, 11) is 2.98. The van der Waals surface area contributed by atoms with Crippen LogP contribution in [0.1, 0.15) is 25.1 Å². The first kappa shape index (κ1) is 20.8. The van der Waals surface area contributed by atoms with Crippen LogP contribution in [0.4, 0.5) is 0 Å². The molecule has 0 atom stereocenters. The Labute approximate surface area is 166 Å². The average Bonchev–Trinajstić information content (AvgIpc) is 3.38. The number of likely N-dealkylation sites (tertiary alicyclic amines) is 1. The van der Waals surface area contributed by atoms with E-state index in [1.807, 2.05) is 0 Å². The normalized spacial score (nSPS) is 13.9. The number of aromatic amines is 1. The molecule has 3 heterocycles. The van der Waals surface area contributed by atoms with E-state index < -0.39 is 11.2 Å². The fourth-order valence-corrected chi connectivity index (χ4v) is 3.32. The number of imidazole rings is 1. The van der Waals surface area contributed by atoms with E-state index in [1.54, 1.807) is 11.9 Å². The van der Waals surface area contributed by atoms with Crippen LogP contribution in [0, 0.1) is 0 Å². The van der Waals surface area contributed by atoms with Crippen LogP contribution in [0.2, 0.25) is 0 Å². The molecule has 2 N–H and O–H groups in total. The van der Waals surface area contributed by atoms with E-state index in [1.165, 1.54) is 11.6 Å². The topological polar surface area (TPSA) is 131 Å². The predicted octanol–water partition coefficient (Wildman–Crippen LogP) is -1.35. The molecule has 2 aromatic rings. The molecule has 0 aromatic carbocycles. The highest BCUT2D eigenvalue weighted by Crippen LogP contribution is 2.07. The second-order valence-corrected chi connectivity index (χ2v) is 7.12. The summed E-state index contributed by atoms with van der Waals surface area (Å²) in [5, 5.41) is 2.72. The third-order valence-electron chi connectivity index (χ3n) is 4.97. The molecule has 2 amide bonds. The minimum Gasteiger partial charge on any atom is -0.362 e. The summed E-state index contributed by atoms with van der Waals surface area (Å²) >= 11 is 0. The summed E-state index contributed by atoms with van der Waals surface area (Å²) < 4.78 is 7.53. The Bertz CT molecular complexity index is 1010. The van der Waals surface area contributed by atoms with Crippen molar-refractivity contribution in [2.45, 2.75) is 25.7 Å². The van der Waals surface area contributed by atoms with E-state index in [0.29, 0.717) is 30.9 Å². The van der Waals surface area contributed by atoms with Crippen molar-refractivity contribution < 1.29 is 14.3 Å². The summed E-state index contributed by atoms with van der Waals surface area (Å²) in [5.41, 5.74) is -0.260. The summed E-state index contributed by atoms with van der Waals surface area (Å²) in [6.07, 6.45) is 3.12. The molecule has 11 heteroatoms. The van der Waals surface area contributed by atoms with Crippen LogP contribution in [0.25, 0.3) is 11.2 Å². The van der Waals surface area contributed by atoms with Crippen LogP contribution in [0.15, 0.2) is 9.59 Å². The van der Waals surface area contributed by atoms with Crippen LogP contribution < -0.4 is 16.6 Å². The van der Waals surface area contributed by atoms with Crippen molar-refractivity contribution in [1.82, 2.24) is 29.3 Å². The number of ether oxygens (including phenoxy) is 1. The lowest BCUT2D eigenvalue weighted by molar-refractivity contribution is -0.137. The predicted molar refractivity (Wildman–Crippen MR) is 105 cm³/mol. The molecule has 0 radical (unpaired) electrons. The van der Waals surface area contributed by atoms with Gasteiger partial charge in [-0.3, -0.25) is 23.5 Å². The number of aromatic nitrogens is 4. The van der Waals surface area contributed by atoms with Crippen LogP contribution in [0.5, 0.6) is 0 Å². The van der Waals surface area contributed by atoms with Crippen LogP contribution in [0.3, 0.4) is 0 Å². The van der Waals surface area contributed by atoms with E-state index >= 15 is 0 Å². The zero-order chi connectivity index (χ0) is 21.0. The Hall–Kier alpha value is -2.95. The molecule has 1 aliphatic heterocycles. The molecule has 1 fully saturated rings. The van der Waals surface area contributed by atoms with Gasteiger partial charge in [-0.25, -0.2) is 9.78 Å². The number of amides is 2. The Kier molecular flexibility index (Phi) is 6.47. The molecule has 0 bridgehead atoms. The van der Waals surface area contributed by atoms with E-state index in [-0.39, 0.29) is 30.5 Å². The minimum absolute atomic E-state index is 0.0827. The van der Waals surface area contributed by atoms with E-state index in [4.69, 9.17) is 4.74 Å². The van der Waals surface area contributed by atoms with Gasteiger partial charge in [-0.1, -0.05) is 0 Å². The molecule has 0 saturated carbocycles. The maximum atomic E-state index is 12.1. The van der Waals surface area contributed by atoms with Gasteiger partial charge in [0.15, 0.2) is 5.65 Å². The third-order valence-corrected chi connectivity index (χ3v) is 4.97. The van der Waals surface area contributed by atoms with Gasteiger partial charge in [-0.15, -0.1) is 0 Å². The van der Waals surface area contributed by atoms with Gasteiger partial charge in [0, 0.05) is 40.2 Å². The van der Waals surface area contributed by atoms with Crippen LogP contribution in [-0.4, -0.2) is 68.7 Å². The summed E-state index contributed by atoms with van der Waals surface area (Å²) in [6, 6.07) is 0. The molecule has 0 unspecified atom stereocenters. The van der Waals surface area contributed by atoms with Gasteiger partial charge in [0.2, 0.25) is 11.8 Å². The van der Waals surface area contributed by atoms with Crippen LogP contribution in [-0.2, 0) is 34.8 Å². The van der Waals surface area contributed by atoms with Crippen molar-refractivity contribution >= 4 is 23.0 Å². The quantitative estimate of drug-likeness (QED) is 0.521. The number of nitrogens with one attached hydrogen (secondary N) is 2. The van der Waals surface area contributed by atoms with Crippen molar-refractivity contribution in [1.29, 1.82) is 0 Å². The first-order valence-electron chi connectivity index (χ1n) is 9.65. The average molecular weight is 406 g/mol. The van der Waals surface area contributed by atoms with Crippen molar-refractivity contribution in [2.75, 3.05) is 32.8 Å². The lowest BCUT2D eigenvalue weighted by Crippen LogP contribution is -2.36. The monoisotopic (exact) mass is 406 g/mol. The minimum atomic E-state index is -0.434. The number of hydrogen-bond acceptors (Lipinski definition) is 6. The molecule has 3 rings (SSSR count). The third kappa shape index (κ3) is 4.73. The Balaban J connectivity index is 1.41. The number of hydrogen-bond donors (Lipinski definition) is 2. The molecule has 1 aliphatic rings. The lowest BCUT2D eigenvalue weighted by Gasteiger charge is -2.14. The standard InChI is InChI=1S/C18H26N6O5/c1-22-16-15(17(27)23(2)18(22)28)20-12(21-16)6-5-7-19-13(25)10-29-11-14(26)24-8-3-4-9-24/h3-11H2,1-2H3,(H,19,25)(H,20,21). The van der Waals surface area contributed by atoms with Crippen molar-refractivity contribution in [3.05, 3.63) is 26.7 Å². The molecule has 0 aliphatic carbocycles. The Morgan fingerprint density at radius 2 is 1.86 bits per heavy atom. The van der Waals surface area contributed by atoms with Gasteiger partial charge in [-0.05, 0) is 19.3 Å².